The van der Waals surface area contributed by atoms with Gasteiger partial charge in [-0.1, -0.05) is 17.7 Å². The predicted octanol–water partition coefficient (Wildman–Crippen LogP) is 2.78. The third-order valence-corrected chi connectivity index (χ3v) is 5.72. The van der Waals surface area contributed by atoms with Gasteiger partial charge in [0.2, 0.25) is 5.91 Å². The number of thioether (sulfide) groups is 1. The van der Waals surface area contributed by atoms with Crippen molar-refractivity contribution in [3.63, 3.8) is 0 Å². The molecule has 0 aliphatic heterocycles. The van der Waals surface area contributed by atoms with Crippen molar-refractivity contribution in [3.8, 4) is 0 Å². The number of carbonyl (C=O) groups is 1. The Kier molecular flexibility index (Phi) is 4.76. The van der Waals surface area contributed by atoms with Crippen LogP contribution in [0.2, 0.25) is 0 Å². The summed E-state index contributed by atoms with van der Waals surface area (Å²) in [6.45, 7) is 4.26. The second-order valence-electron chi connectivity index (χ2n) is 5.80. The zero-order valence-electron chi connectivity index (χ0n) is 12.5. The van der Waals surface area contributed by atoms with Gasteiger partial charge in [-0.15, -0.1) is 11.8 Å². The van der Waals surface area contributed by atoms with Crippen LogP contribution in [0.3, 0.4) is 0 Å². The van der Waals surface area contributed by atoms with E-state index in [0.717, 1.165) is 25.7 Å². The molecule has 1 aromatic rings. The van der Waals surface area contributed by atoms with Crippen LogP contribution < -0.4 is 11.1 Å². The Balaban J connectivity index is 2.13. The van der Waals surface area contributed by atoms with E-state index in [2.05, 4.69) is 37.4 Å². The molecule has 0 aromatic heterocycles. The maximum Gasteiger partial charge on any atom is 0.237 e. The molecular weight excluding hydrogens is 268 g/mol. The number of likely N-dealkylation sites (N-methyl/N-ethyl adjacent to an activating group) is 1. The predicted molar refractivity (Wildman–Crippen MR) is 85.0 cm³/mol. The van der Waals surface area contributed by atoms with Crippen molar-refractivity contribution in [2.24, 2.45) is 5.73 Å². The van der Waals surface area contributed by atoms with E-state index in [4.69, 9.17) is 5.73 Å². The lowest BCUT2D eigenvalue weighted by atomic mass is 9.81. The molecule has 3 nitrogen and oxygen atoms in total. The van der Waals surface area contributed by atoms with Crippen LogP contribution in [0, 0.1) is 13.8 Å². The minimum atomic E-state index is -0.520. The van der Waals surface area contributed by atoms with Gasteiger partial charge in [0.25, 0.3) is 0 Å². The van der Waals surface area contributed by atoms with Crippen molar-refractivity contribution < 1.29 is 4.79 Å². The molecule has 4 heteroatoms. The number of nitrogens with one attached hydrogen (secondary N) is 1. The highest BCUT2D eigenvalue weighted by molar-refractivity contribution is 8.00. The van der Waals surface area contributed by atoms with Gasteiger partial charge in [0.15, 0.2) is 0 Å². The van der Waals surface area contributed by atoms with Crippen molar-refractivity contribution in [3.05, 3.63) is 29.3 Å². The van der Waals surface area contributed by atoms with Crippen molar-refractivity contribution in [2.75, 3.05) is 7.05 Å². The highest BCUT2D eigenvalue weighted by atomic mass is 32.2. The quantitative estimate of drug-likeness (QED) is 0.897. The lowest BCUT2D eigenvalue weighted by Gasteiger charge is -2.38. The minimum absolute atomic E-state index is 0.216. The van der Waals surface area contributed by atoms with Crippen LogP contribution in [0.15, 0.2) is 23.1 Å². The summed E-state index contributed by atoms with van der Waals surface area (Å²) in [5.41, 5.74) is 7.68. The number of rotatable bonds is 4. The molecule has 2 atom stereocenters. The molecule has 1 fully saturated rings. The molecule has 0 heterocycles. The number of carbonyl (C=O) groups excluding carboxylic acids is 1. The van der Waals surface area contributed by atoms with E-state index in [-0.39, 0.29) is 5.91 Å². The number of primary amides is 1. The summed E-state index contributed by atoms with van der Waals surface area (Å²) in [4.78, 5) is 13.1. The van der Waals surface area contributed by atoms with Crippen molar-refractivity contribution in [1.82, 2.24) is 5.32 Å². The maximum absolute atomic E-state index is 11.8. The van der Waals surface area contributed by atoms with Gasteiger partial charge in [-0.05, 0) is 58.2 Å². The second kappa shape index (κ2) is 6.19. The molecule has 2 rings (SSSR count). The van der Waals surface area contributed by atoms with Gasteiger partial charge in [0.1, 0.15) is 0 Å². The standard InChI is InChI=1S/C16H24N2OS/c1-11-6-7-12(2)14(9-11)20-13-5-4-8-16(10-13,18-3)15(17)19/h6-7,9,13,18H,4-5,8,10H2,1-3H3,(H2,17,19). The highest BCUT2D eigenvalue weighted by Gasteiger charge is 2.40. The average Bonchev–Trinajstić information content (AvgIpc) is 2.43. The van der Waals surface area contributed by atoms with E-state index in [0.29, 0.717) is 5.25 Å². The monoisotopic (exact) mass is 292 g/mol. The summed E-state index contributed by atoms with van der Waals surface area (Å²) < 4.78 is 0. The fourth-order valence-electron chi connectivity index (χ4n) is 2.91. The van der Waals surface area contributed by atoms with Gasteiger partial charge in [-0.2, -0.15) is 0 Å². The SMILES string of the molecule is CNC1(C(N)=O)CCCC(Sc2cc(C)ccc2C)C1. The maximum atomic E-state index is 11.8. The summed E-state index contributed by atoms with van der Waals surface area (Å²) in [5.74, 6) is -0.216. The van der Waals surface area contributed by atoms with Gasteiger partial charge in [-0.25, -0.2) is 0 Å². The Morgan fingerprint density at radius 1 is 1.45 bits per heavy atom. The van der Waals surface area contributed by atoms with Crippen LogP contribution in [-0.2, 0) is 4.79 Å². The highest BCUT2D eigenvalue weighted by Crippen LogP contribution is 2.39. The lowest BCUT2D eigenvalue weighted by molar-refractivity contribution is -0.125. The van der Waals surface area contributed by atoms with Crippen LogP contribution >= 0.6 is 11.8 Å². The molecule has 20 heavy (non-hydrogen) atoms. The molecule has 0 bridgehead atoms. The number of aryl methyl sites for hydroxylation is 2. The first kappa shape index (κ1) is 15.4. The average molecular weight is 292 g/mol. The van der Waals surface area contributed by atoms with Gasteiger partial charge >= 0.3 is 0 Å². The first-order valence-electron chi connectivity index (χ1n) is 7.19. The van der Waals surface area contributed by atoms with E-state index >= 15 is 0 Å². The number of hydrogen-bond donors (Lipinski definition) is 2. The Labute approximate surface area is 125 Å². The Morgan fingerprint density at radius 3 is 2.85 bits per heavy atom. The smallest absolute Gasteiger partial charge is 0.237 e. The van der Waals surface area contributed by atoms with Crippen LogP contribution in [-0.4, -0.2) is 23.7 Å². The van der Waals surface area contributed by atoms with Gasteiger partial charge in [0.05, 0.1) is 5.54 Å². The van der Waals surface area contributed by atoms with E-state index in [1.165, 1.54) is 16.0 Å². The summed E-state index contributed by atoms with van der Waals surface area (Å²) in [5, 5.41) is 3.62. The molecule has 0 saturated heterocycles. The summed E-state index contributed by atoms with van der Waals surface area (Å²) in [7, 11) is 1.84. The zero-order chi connectivity index (χ0) is 14.8. The fraction of sp³-hybridized carbons (Fsp3) is 0.562. The molecular formula is C16H24N2OS. The molecule has 1 aliphatic carbocycles. The molecule has 1 aromatic carbocycles. The van der Waals surface area contributed by atoms with Gasteiger partial charge in [-0.3, -0.25) is 4.79 Å². The molecule has 0 spiro atoms. The zero-order valence-corrected chi connectivity index (χ0v) is 13.3. The van der Waals surface area contributed by atoms with Gasteiger partial charge in [0, 0.05) is 10.1 Å². The third-order valence-electron chi connectivity index (χ3n) is 4.29. The van der Waals surface area contributed by atoms with E-state index in [9.17, 15) is 4.79 Å². The lowest BCUT2D eigenvalue weighted by Crippen LogP contribution is -2.57. The number of benzene rings is 1. The number of nitrogens with two attached hydrogens (primary N) is 1. The molecule has 2 unspecified atom stereocenters. The Morgan fingerprint density at radius 2 is 2.20 bits per heavy atom. The normalized spacial score (nSPS) is 26.4. The van der Waals surface area contributed by atoms with Crippen LogP contribution in [0.5, 0.6) is 0 Å². The molecule has 0 radical (unpaired) electrons. The van der Waals surface area contributed by atoms with E-state index in [1.54, 1.807) is 0 Å². The molecule has 3 N–H and O–H groups in total. The topological polar surface area (TPSA) is 55.1 Å². The van der Waals surface area contributed by atoms with E-state index in [1.807, 2.05) is 18.8 Å². The molecule has 1 amide bonds. The first-order valence-corrected chi connectivity index (χ1v) is 8.07. The fourth-order valence-corrected chi connectivity index (χ4v) is 4.43. The first-order chi connectivity index (χ1) is 9.47. The van der Waals surface area contributed by atoms with Gasteiger partial charge < -0.3 is 11.1 Å². The Hall–Kier alpha value is -1.00. The summed E-state index contributed by atoms with van der Waals surface area (Å²) in [6, 6.07) is 6.54. The summed E-state index contributed by atoms with van der Waals surface area (Å²) in [6.07, 6.45) is 3.86. The van der Waals surface area contributed by atoms with Crippen LogP contribution in [0.25, 0.3) is 0 Å². The molecule has 110 valence electrons. The Bertz CT molecular complexity index is 503. The molecule has 1 aliphatic rings. The van der Waals surface area contributed by atoms with Crippen molar-refractivity contribution in [2.45, 2.75) is 55.2 Å². The largest absolute Gasteiger partial charge is 0.368 e. The van der Waals surface area contributed by atoms with Crippen molar-refractivity contribution >= 4 is 17.7 Å². The van der Waals surface area contributed by atoms with Crippen LogP contribution in [0.1, 0.15) is 36.8 Å². The third kappa shape index (κ3) is 3.18. The number of hydrogen-bond acceptors (Lipinski definition) is 3. The minimum Gasteiger partial charge on any atom is -0.368 e. The molecule has 1 saturated carbocycles. The summed E-state index contributed by atoms with van der Waals surface area (Å²) >= 11 is 1.89. The van der Waals surface area contributed by atoms with Crippen LogP contribution in [0.4, 0.5) is 0 Å². The van der Waals surface area contributed by atoms with E-state index < -0.39 is 5.54 Å². The van der Waals surface area contributed by atoms with Crippen molar-refractivity contribution in [1.29, 1.82) is 0 Å². The second-order valence-corrected chi connectivity index (χ2v) is 7.14. The number of amides is 1.